The van der Waals surface area contributed by atoms with Gasteiger partial charge in [0.25, 0.3) is 0 Å². The largest absolute Gasteiger partial charge is 0.394 e. The molecule has 0 spiro atoms. The van der Waals surface area contributed by atoms with Gasteiger partial charge < -0.3 is 15.5 Å². The molecule has 0 aliphatic heterocycles. The molecule has 3 N–H and O–H groups in total. The first-order valence-corrected chi connectivity index (χ1v) is 23.7. The molecule has 1 amide bonds. The highest BCUT2D eigenvalue weighted by molar-refractivity contribution is 5.76. The zero-order chi connectivity index (χ0) is 42.1. The van der Waals surface area contributed by atoms with Gasteiger partial charge in [0, 0.05) is 6.42 Å². The van der Waals surface area contributed by atoms with E-state index in [1.807, 2.05) is 6.08 Å². The van der Waals surface area contributed by atoms with Crippen molar-refractivity contribution in [1.82, 2.24) is 5.32 Å². The topological polar surface area (TPSA) is 69.6 Å². The lowest BCUT2D eigenvalue weighted by Crippen LogP contribution is -2.45. The van der Waals surface area contributed by atoms with Crippen LogP contribution in [0.4, 0.5) is 0 Å². The molecule has 0 saturated carbocycles. The van der Waals surface area contributed by atoms with Gasteiger partial charge in [-0.15, -0.1) is 0 Å². The second-order valence-corrected chi connectivity index (χ2v) is 15.4. The zero-order valence-electron chi connectivity index (χ0n) is 37.5. The molecule has 0 fully saturated rings. The van der Waals surface area contributed by atoms with Crippen molar-refractivity contribution in [2.24, 2.45) is 0 Å². The highest BCUT2D eigenvalue weighted by Crippen LogP contribution is 2.13. The van der Waals surface area contributed by atoms with Gasteiger partial charge in [0.2, 0.25) is 5.91 Å². The Balaban J connectivity index is 3.63. The van der Waals surface area contributed by atoms with Crippen LogP contribution in [0.15, 0.2) is 122 Å². The number of allylic oxidation sites excluding steroid dienone is 19. The first-order valence-electron chi connectivity index (χ1n) is 23.7. The van der Waals surface area contributed by atoms with Crippen LogP contribution in [0.25, 0.3) is 0 Å². The average Bonchev–Trinajstić information content (AvgIpc) is 3.23. The minimum atomic E-state index is -0.878. The molecular weight excluding hydrogens is 711 g/mol. The van der Waals surface area contributed by atoms with Crippen LogP contribution < -0.4 is 5.32 Å². The van der Waals surface area contributed by atoms with Gasteiger partial charge in [-0.2, -0.15) is 0 Å². The minimum Gasteiger partial charge on any atom is -0.394 e. The van der Waals surface area contributed by atoms with Crippen molar-refractivity contribution in [3.8, 4) is 0 Å². The first-order chi connectivity index (χ1) is 28.7. The number of aliphatic hydroxyl groups is 2. The number of hydrogen-bond acceptors (Lipinski definition) is 3. The first kappa shape index (κ1) is 54.8. The summed E-state index contributed by atoms with van der Waals surface area (Å²) >= 11 is 0. The lowest BCUT2D eigenvalue weighted by atomic mass is 10.0. The standard InChI is InChI=1S/C54H89NO3/c1-3-5-7-9-11-13-15-17-18-19-20-21-22-23-24-25-26-27-28-29-30-31-32-33-34-35-36-38-40-42-44-46-48-50-54(58)55-52(51-56)53(57)49-47-45-43-41-39-37-16-14-12-10-8-6-4-2/h5,7,11-14,17-18,20-21,23-24,26-27,29-30,39,41,47,49,52-53,56-57H,3-4,6,8-10,15-16,19,22,25,28,31-38,40,42-46,48,50-51H2,1-2H3,(H,55,58)/b7-5-,13-11-,14-12+,18-17-,21-20-,24-23-,27-26-,30-29-,41-39+,49-47+. The number of aliphatic hydroxyl groups excluding tert-OH is 2. The van der Waals surface area contributed by atoms with Crippen molar-refractivity contribution < 1.29 is 15.0 Å². The normalized spacial score (nSPS) is 14.1. The molecule has 0 aromatic carbocycles. The smallest absolute Gasteiger partial charge is 0.220 e. The summed E-state index contributed by atoms with van der Waals surface area (Å²) < 4.78 is 0. The predicted molar refractivity (Wildman–Crippen MR) is 257 cm³/mol. The lowest BCUT2D eigenvalue weighted by molar-refractivity contribution is -0.123. The van der Waals surface area contributed by atoms with Crippen LogP contribution in [0, 0.1) is 0 Å². The highest BCUT2D eigenvalue weighted by atomic mass is 16.3. The fourth-order valence-corrected chi connectivity index (χ4v) is 6.31. The van der Waals surface area contributed by atoms with Crippen molar-refractivity contribution in [1.29, 1.82) is 0 Å². The number of carbonyl (C=O) groups is 1. The molecule has 328 valence electrons. The second-order valence-electron chi connectivity index (χ2n) is 15.4. The number of hydrogen-bond donors (Lipinski definition) is 3. The van der Waals surface area contributed by atoms with E-state index in [1.54, 1.807) is 6.08 Å². The molecule has 0 radical (unpaired) electrons. The average molecular weight is 800 g/mol. The van der Waals surface area contributed by atoms with Gasteiger partial charge in [-0.1, -0.05) is 206 Å². The Morgan fingerprint density at radius 1 is 0.431 bits per heavy atom. The lowest BCUT2D eigenvalue weighted by Gasteiger charge is -2.19. The molecule has 0 rings (SSSR count). The molecule has 0 heterocycles. The Kier molecular flexibility index (Phi) is 45.5. The second kappa shape index (κ2) is 48.2. The molecule has 4 heteroatoms. The molecule has 58 heavy (non-hydrogen) atoms. The minimum absolute atomic E-state index is 0.0887. The van der Waals surface area contributed by atoms with Gasteiger partial charge in [0.05, 0.1) is 18.8 Å². The van der Waals surface area contributed by atoms with E-state index >= 15 is 0 Å². The number of carbonyl (C=O) groups excluding carboxylic acids is 1. The molecular formula is C54H89NO3. The van der Waals surface area contributed by atoms with E-state index in [4.69, 9.17) is 0 Å². The predicted octanol–water partition coefficient (Wildman–Crippen LogP) is 15.3. The molecule has 0 aromatic rings. The molecule has 2 atom stereocenters. The Bertz CT molecular complexity index is 1180. The Morgan fingerprint density at radius 2 is 0.776 bits per heavy atom. The summed E-state index contributed by atoms with van der Waals surface area (Å²) in [6, 6.07) is -0.654. The maximum Gasteiger partial charge on any atom is 0.220 e. The Hall–Kier alpha value is -3.21. The summed E-state index contributed by atoms with van der Waals surface area (Å²) in [7, 11) is 0. The van der Waals surface area contributed by atoms with Gasteiger partial charge in [-0.05, 0) is 103 Å². The third-order valence-electron chi connectivity index (χ3n) is 9.91. The van der Waals surface area contributed by atoms with Crippen LogP contribution in [0.5, 0.6) is 0 Å². The summed E-state index contributed by atoms with van der Waals surface area (Å²) in [5.41, 5.74) is 0. The van der Waals surface area contributed by atoms with E-state index in [0.29, 0.717) is 6.42 Å². The van der Waals surface area contributed by atoms with Crippen molar-refractivity contribution in [3.63, 3.8) is 0 Å². The zero-order valence-corrected chi connectivity index (χ0v) is 37.5. The van der Waals surface area contributed by atoms with Crippen LogP contribution in [-0.4, -0.2) is 34.9 Å². The van der Waals surface area contributed by atoms with Gasteiger partial charge in [0.15, 0.2) is 0 Å². The van der Waals surface area contributed by atoms with Gasteiger partial charge in [0.1, 0.15) is 0 Å². The van der Waals surface area contributed by atoms with Gasteiger partial charge >= 0.3 is 0 Å². The maximum absolute atomic E-state index is 12.4. The molecule has 0 aliphatic carbocycles. The monoisotopic (exact) mass is 800 g/mol. The van der Waals surface area contributed by atoms with Crippen molar-refractivity contribution in [3.05, 3.63) is 122 Å². The Morgan fingerprint density at radius 3 is 1.21 bits per heavy atom. The summed E-state index contributed by atoms with van der Waals surface area (Å²) in [5, 5.41) is 23.0. The molecule has 0 saturated heterocycles. The fourth-order valence-electron chi connectivity index (χ4n) is 6.31. The molecule has 2 unspecified atom stereocenters. The van der Waals surface area contributed by atoms with Crippen molar-refractivity contribution >= 4 is 5.91 Å². The van der Waals surface area contributed by atoms with E-state index in [-0.39, 0.29) is 12.5 Å². The van der Waals surface area contributed by atoms with E-state index in [1.165, 1.54) is 83.5 Å². The quantitative estimate of drug-likeness (QED) is 0.0426. The summed E-state index contributed by atoms with van der Waals surface area (Å²) in [5.74, 6) is -0.0887. The molecule has 0 bridgehead atoms. The highest BCUT2D eigenvalue weighted by Gasteiger charge is 2.17. The van der Waals surface area contributed by atoms with E-state index < -0.39 is 12.1 Å². The SMILES string of the molecule is CC/C=C\C/C=C\C/C=C\C/C=C\C/C=C\C/C=C\C/C=C\CCCCCCCCCCCCCC(=O)NC(CO)C(O)/C=C/CC/C=C/CC/C=C/CCCCC. The van der Waals surface area contributed by atoms with Crippen LogP contribution >= 0.6 is 0 Å². The summed E-state index contributed by atoms with van der Waals surface area (Å²) in [6.07, 6.45) is 74.6. The molecule has 0 aromatic heterocycles. The maximum atomic E-state index is 12.4. The van der Waals surface area contributed by atoms with E-state index in [0.717, 1.165) is 89.9 Å². The fraction of sp³-hybridized carbons (Fsp3) is 0.611. The summed E-state index contributed by atoms with van der Waals surface area (Å²) in [4.78, 5) is 12.4. The number of amides is 1. The number of unbranched alkanes of at least 4 members (excludes halogenated alkanes) is 16. The molecule has 0 aliphatic rings. The van der Waals surface area contributed by atoms with E-state index in [2.05, 4.69) is 129 Å². The van der Waals surface area contributed by atoms with Crippen LogP contribution in [-0.2, 0) is 4.79 Å². The van der Waals surface area contributed by atoms with Crippen LogP contribution in [0.2, 0.25) is 0 Å². The van der Waals surface area contributed by atoms with Gasteiger partial charge in [-0.3, -0.25) is 4.79 Å². The van der Waals surface area contributed by atoms with Crippen molar-refractivity contribution in [2.75, 3.05) is 6.61 Å². The van der Waals surface area contributed by atoms with Crippen LogP contribution in [0.3, 0.4) is 0 Å². The number of nitrogens with one attached hydrogen (secondary N) is 1. The number of rotatable bonds is 41. The molecule has 4 nitrogen and oxygen atoms in total. The van der Waals surface area contributed by atoms with Gasteiger partial charge in [-0.25, -0.2) is 0 Å². The third-order valence-corrected chi connectivity index (χ3v) is 9.91. The van der Waals surface area contributed by atoms with Crippen molar-refractivity contribution in [2.45, 2.75) is 206 Å². The summed E-state index contributed by atoms with van der Waals surface area (Å²) in [6.45, 7) is 4.13. The third kappa shape index (κ3) is 43.9. The Labute approximate surface area is 358 Å². The van der Waals surface area contributed by atoms with Crippen LogP contribution in [0.1, 0.15) is 194 Å². The van der Waals surface area contributed by atoms with E-state index in [9.17, 15) is 15.0 Å².